The van der Waals surface area contributed by atoms with Gasteiger partial charge in [-0.25, -0.2) is 4.98 Å². The normalized spacial score (nSPS) is 17.0. The number of halogens is 4. The fourth-order valence-corrected chi connectivity index (χ4v) is 3.02. The number of amides is 1. The highest BCUT2D eigenvalue weighted by Crippen LogP contribution is 2.27. The zero-order valence-electron chi connectivity index (χ0n) is 14.1. The van der Waals surface area contributed by atoms with Gasteiger partial charge in [0.15, 0.2) is 0 Å². The molecular weight excluding hydrogens is 383 g/mol. The second-order valence-corrected chi connectivity index (χ2v) is 6.44. The predicted octanol–water partition coefficient (Wildman–Crippen LogP) is 3.52. The summed E-state index contributed by atoms with van der Waals surface area (Å²) in [5.74, 6) is 0.0593. The molecule has 2 heterocycles. The van der Waals surface area contributed by atoms with Gasteiger partial charge in [-0.1, -0.05) is 23.7 Å². The number of hydrogen-bond acceptors (Lipinski definition) is 5. The highest BCUT2D eigenvalue weighted by molar-refractivity contribution is 6.33. The molecule has 1 atom stereocenters. The molecule has 1 aliphatic rings. The number of alkyl halides is 3. The predicted molar refractivity (Wildman–Crippen MR) is 96.2 cm³/mol. The Balaban J connectivity index is 1.73. The molecule has 0 spiro atoms. The number of carbonyl (C=O) groups excluding carboxylic acids is 1. The van der Waals surface area contributed by atoms with Crippen LogP contribution < -0.4 is 15.5 Å². The SMILES string of the molecule is O=C(NCC(F)(F)F)[C@@H]1CCCN1c1nccc(Nc2ccccc2Cl)n1. The van der Waals surface area contributed by atoms with Crippen molar-refractivity contribution in [3.05, 3.63) is 41.6 Å². The minimum atomic E-state index is -4.45. The Kier molecular flexibility index (Phi) is 5.69. The number of nitrogens with zero attached hydrogens (tertiary/aromatic N) is 3. The van der Waals surface area contributed by atoms with Gasteiger partial charge in [0, 0.05) is 12.7 Å². The van der Waals surface area contributed by atoms with Gasteiger partial charge in [0.2, 0.25) is 11.9 Å². The van der Waals surface area contributed by atoms with E-state index in [0.29, 0.717) is 35.9 Å². The Morgan fingerprint density at radius 1 is 1.30 bits per heavy atom. The van der Waals surface area contributed by atoms with Gasteiger partial charge in [-0.15, -0.1) is 0 Å². The summed E-state index contributed by atoms with van der Waals surface area (Å²) in [4.78, 5) is 22.3. The zero-order chi connectivity index (χ0) is 19.4. The number of anilines is 3. The third-order valence-electron chi connectivity index (χ3n) is 4.05. The summed E-state index contributed by atoms with van der Waals surface area (Å²) in [7, 11) is 0. The van der Waals surface area contributed by atoms with Crippen molar-refractivity contribution in [2.45, 2.75) is 25.1 Å². The first-order valence-corrected chi connectivity index (χ1v) is 8.67. The summed E-state index contributed by atoms with van der Waals surface area (Å²) in [5, 5.41) is 5.51. The maximum atomic E-state index is 12.3. The van der Waals surface area contributed by atoms with Crippen LogP contribution in [0.15, 0.2) is 36.5 Å². The summed E-state index contributed by atoms with van der Waals surface area (Å²) in [6, 6.07) is 8.04. The average Bonchev–Trinajstić information content (AvgIpc) is 3.11. The Hall–Kier alpha value is -2.55. The standard InChI is InChI=1S/C17H17ClF3N5O/c18-11-4-1-2-5-12(11)24-14-7-8-22-16(25-14)26-9-3-6-13(26)15(27)23-10-17(19,20)21/h1-2,4-5,7-8,13H,3,6,9-10H2,(H,23,27)(H,22,24,25)/t13-/m0/s1. The summed E-state index contributed by atoms with van der Waals surface area (Å²) in [6.07, 6.45) is -1.83. The van der Waals surface area contributed by atoms with E-state index >= 15 is 0 Å². The molecule has 10 heteroatoms. The third kappa shape index (κ3) is 5.00. The molecule has 27 heavy (non-hydrogen) atoms. The summed E-state index contributed by atoms with van der Waals surface area (Å²) in [5.41, 5.74) is 0.657. The molecule has 1 fully saturated rings. The van der Waals surface area contributed by atoms with E-state index < -0.39 is 24.7 Å². The molecule has 2 aromatic rings. The topological polar surface area (TPSA) is 70.2 Å². The average molecular weight is 400 g/mol. The van der Waals surface area contributed by atoms with Crippen LogP contribution in [0.1, 0.15) is 12.8 Å². The van der Waals surface area contributed by atoms with Gasteiger partial charge in [-0.05, 0) is 31.0 Å². The van der Waals surface area contributed by atoms with Gasteiger partial charge in [-0.2, -0.15) is 18.2 Å². The number of aromatic nitrogens is 2. The molecule has 6 nitrogen and oxygen atoms in total. The molecule has 1 aromatic carbocycles. The molecular formula is C17H17ClF3N5O. The second kappa shape index (κ2) is 7.99. The smallest absolute Gasteiger partial charge is 0.345 e. The largest absolute Gasteiger partial charge is 0.405 e. The van der Waals surface area contributed by atoms with E-state index in [1.807, 2.05) is 11.4 Å². The molecule has 1 aromatic heterocycles. The molecule has 0 saturated carbocycles. The zero-order valence-corrected chi connectivity index (χ0v) is 14.9. The Morgan fingerprint density at radius 2 is 2.07 bits per heavy atom. The van der Waals surface area contributed by atoms with E-state index in [1.165, 1.54) is 6.20 Å². The summed E-state index contributed by atoms with van der Waals surface area (Å²) >= 11 is 6.12. The van der Waals surface area contributed by atoms with Gasteiger partial charge < -0.3 is 15.5 Å². The van der Waals surface area contributed by atoms with Gasteiger partial charge in [0.1, 0.15) is 18.4 Å². The van der Waals surface area contributed by atoms with Crippen molar-refractivity contribution >= 4 is 35.0 Å². The molecule has 1 aliphatic heterocycles. The van der Waals surface area contributed by atoms with Crippen molar-refractivity contribution in [1.29, 1.82) is 0 Å². The van der Waals surface area contributed by atoms with E-state index in [1.54, 1.807) is 29.2 Å². The van der Waals surface area contributed by atoms with E-state index in [9.17, 15) is 18.0 Å². The molecule has 3 rings (SSSR count). The molecule has 144 valence electrons. The molecule has 0 radical (unpaired) electrons. The van der Waals surface area contributed by atoms with E-state index in [0.717, 1.165) is 0 Å². The first-order valence-electron chi connectivity index (χ1n) is 8.29. The van der Waals surface area contributed by atoms with Crippen LogP contribution in [0.3, 0.4) is 0 Å². The Labute approximate surface area is 158 Å². The monoisotopic (exact) mass is 399 g/mol. The van der Waals surface area contributed by atoms with Crippen LogP contribution in [-0.4, -0.2) is 41.2 Å². The van der Waals surface area contributed by atoms with E-state index in [4.69, 9.17) is 11.6 Å². The van der Waals surface area contributed by atoms with Crippen molar-refractivity contribution in [2.24, 2.45) is 0 Å². The fraction of sp³-hybridized carbons (Fsp3) is 0.353. The number of para-hydroxylation sites is 1. The van der Waals surface area contributed by atoms with Crippen molar-refractivity contribution < 1.29 is 18.0 Å². The molecule has 0 unspecified atom stereocenters. The summed E-state index contributed by atoms with van der Waals surface area (Å²) < 4.78 is 37.0. The highest BCUT2D eigenvalue weighted by Gasteiger charge is 2.35. The quantitative estimate of drug-likeness (QED) is 0.805. The van der Waals surface area contributed by atoms with Crippen LogP contribution in [0.4, 0.5) is 30.6 Å². The Morgan fingerprint density at radius 3 is 2.81 bits per heavy atom. The van der Waals surface area contributed by atoms with Gasteiger partial charge in [-0.3, -0.25) is 4.79 Å². The maximum Gasteiger partial charge on any atom is 0.405 e. The third-order valence-corrected chi connectivity index (χ3v) is 4.38. The summed E-state index contributed by atoms with van der Waals surface area (Å²) in [6.45, 7) is -0.870. The van der Waals surface area contributed by atoms with Crippen molar-refractivity contribution in [2.75, 3.05) is 23.3 Å². The maximum absolute atomic E-state index is 12.3. The van der Waals surface area contributed by atoms with Crippen molar-refractivity contribution in [1.82, 2.24) is 15.3 Å². The second-order valence-electron chi connectivity index (χ2n) is 6.03. The molecule has 1 amide bonds. The van der Waals surface area contributed by atoms with Crippen LogP contribution in [0.5, 0.6) is 0 Å². The lowest BCUT2D eigenvalue weighted by molar-refractivity contribution is -0.139. The fourth-order valence-electron chi connectivity index (χ4n) is 2.84. The Bertz CT molecular complexity index is 817. The van der Waals surface area contributed by atoms with Gasteiger partial charge in [0.25, 0.3) is 0 Å². The van der Waals surface area contributed by atoms with E-state index in [-0.39, 0.29) is 5.95 Å². The lowest BCUT2D eigenvalue weighted by atomic mass is 10.2. The number of rotatable bonds is 5. The first-order chi connectivity index (χ1) is 12.8. The lowest BCUT2D eigenvalue weighted by Crippen LogP contribution is -2.46. The minimum absolute atomic E-state index is 0.275. The van der Waals surface area contributed by atoms with Crippen LogP contribution in [0.2, 0.25) is 5.02 Å². The van der Waals surface area contributed by atoms with E-state index in [2.05, 4.69) is 15.3 Å². The van der Waals surface area contributed by atoms with Crippen LogP contribution in [0.25, 0.3) is 0 Å². The lowest BCUT2D eigenvalue weighted by Gasteiger charge is -2.24. The number of hydrogen-bond donors (Lipinski definition) is 2. The minimum Gasteiger partial charge on any atom is -0.345 e. The molecule has 2 N–H and O–H groups in total. The van der Waals surface area contributed by atoms with Gasteiger partial charge >= 0.3 is 6.18 Å². The molecule has 0 bridgehead atoms. The van der Waals surface area contributed by atoms with Crippen LogP contribution in [-0.2, 0) is 4.79 Å². The number of nitrogens with one attached hydrogen (secondary N) is 2. The van der Waals surface area contributed by atoms with Crippen LogP contribution >= 0.6 is 11.6 Å². The van der Waals surface area contributed by atoms with Crippen molar-refractivity contribution in [3.8, 4) is 0 Å². The highest BCUT2D eigenvalue weighted by atomic mass is 35.5. The number of benzene rings is 1. The van der Waals surface area contributed by atoms with Gasteiger partial charge in [0.05, 0.1) is 10.7 Å². The number of carbonyl (C=O) groups is 1. The molecule has 0 aliphatic carbocycles. The first kappa shape index (κ1) is 19.2. The van der Waals surface area contributed by atoms with Crippen molar-refractivity contribution in [3.63, 3.8) is 0 Å². The molecule has 1 saturated heterocycles. The van der Waals surface area contributed by atoms with Crippen LogP contribution in [0, 0.1) is 0 Å².